The molecule has 2 aliphatic heterocycles. The molecule has 5 fully saturated rings. The maximum atomic E-state index is 13.3. The Balaban J connectivity index is 1.74. The Bertz CT molecular complexity index is 743. The molecule has 8 atom stereocenters. The molecule has 6 heteroatoms. The molecule has 2 heterocycles. The smallest absolute Gasteiger partial charge is 0.320 e. The van der Waals surface area contributed by atoms with Crippen molar-refractivity contribution in [2.45, 2.75) is 58.0 Å². The molecule has 0 aromatic carbocycles. The minimum Gasteiger partial charge on any atom is -0.461 e. The van der Waals surface area contributed by atoms with Crippen LogP contribution in [0.1, 0.15) is 39.5 Å². The number of hydrogen-bond acceptors (Lipinski definition) is 6. The van der Waals surface area contributed by atoms with Gasteiger partial charge in [0, 0.05) is 24.4 Å². The van der Waals surface area contributed by atoms with Gasteiger partial charge in [-0.3, -0.25) is 9.59 Å². The summed E-state index contributed by atoms with van der Waals surface area (Å²) in [5.74, 6) is -1.40. The first-order chi connectivity index (χ1) is 12.7. The molecule has 2 spiro atoms. The fourth-order valence-electron chi connectivity index (χ4n) is 7.52. The van der Waals surface area contributed by atoms with Gasteiger partial charge in [0.25, 0.3) is 0 Å². The third-order valence-electron chi connectivity index (χ3n) is 8.47. The van der Waals surface area contributed by atoms with Crippen LogP contribution in [-0.2, 0) is 23.8 Å². The van der Waals surface area contributed by atoms with Crippen molar-refractivity contribution in [3.8, 4) is 0 Å². The summed E-state index contributed by atoms with van der Waals surface area (Å²) in [4.78, 5) is 26.5. The molecule has 3 saturated carbocycles. The Morgan fingerprint density at radius 2 is 2.00 bits per heavy atom. The molecule has 2 unspecified atom stereocenters. The Morgan fingerprint density at radius 1 is 1.26 bits per heavy atom. The zero-order valence-electron chi connectivity index (χ0n) is 16.2. The average Bonchev–Trinajstić information content (AvgIpc) is 3.10. The van der Waals surface area contributed by atoms with Gasteiger partial charge in [-0.15, -0.1) is 0 Å². The maximum Gasteiger partial charge on any atom is 0.320 e. The van der Waals surface area contributed by atoms with Crippen molar-refractivity contribution < 1.29 is 28.9 Å². The normalized spacial score (nSPS) is 52.8. The topological polar surface area (TPSA) is 82.1 Å². The SMILES string of the molecule is C=C1C(=O)C23C[C@@H]1C[C@H](O)C2[C@@]12CO[C@@H](OC)[C@@H]1C(C)(C)CC[C@@H]2OC3=O. The maximum absolute atomic E-state index is 13.3. The molecule has 0 aromatic heterocycles. The van der Waals surface area contributed by atoms with E-state index in [9.17, 15) is 14.7 Å². The summed E-state index contributed by atoms with van der Waals surface area (Å²) in [7, 11) is 1.63. The van der Waals surface area contributed by atoms with Crippen molar-refractivity contribution in [2.24, 2.45) is 34.0 Å². The molecule has 0 amide bonds. The number of ketones is 1. The standard InChI is InChI=1S/C21H28O6/c1-10-11-7-12(22)14-20(8-11,16(10)23)18(24)27-13-5-6-19(2,3)15-17(25-4)26-9-21(13,14)15/h11-15,17,22H,1,5-9H2,2-4H3/t11-,12-,13-,14?,15+,17+,20?,21-/m0/s1. The zero-order chi connectivity index (χ0) is 19.4. The van der Waals surface area contributed by atoms with Crippen molar-refractivity contribution >= 4 is 11.8 Å². The fourth-order valence-corrected chi connectivity index (χ4v) is 7.52. The lowest BCUT2D eigenvalue weighted by atomic mass is 9.43. The van der Waals surface area contributed by atoms with Gasteiger partial charge in [0.2, 0.25) is 0 Å². The van der Waals surface area contributed by atoms with Gasteiger partial charge < -0.3 is 19.3 Å². The molecule has 148 valence electrons. The number of rotatable bonds is 1. The highest BCUT2D eigenvalue weighted by molar-refractivity contribution is 6.15. The van der Waals surface area contributed by atoms with E-state index in [-0.39, 0.29) is 29.1 Å². The predicted octanol–water partition coefficient (Wildman–Crippen LogP) is 1.85. The quantitative estimate of drug-likeness (QED) is 0.427. The number of carbonyl (C=O) groups excluding carboxylic acids is 2. The van der Waals surface area contributed by atoms with Gasteiger partial charge in [-0.1, -0.05) is 20.4 Å². The molecule has 5 rings (SSSR count). The predicted molar refractivity (Wildman–Crippen MR) is 94.4 cm³/mol. The first-order valence-electron chi connectivity index (χ1n) is 9.97. The van der Waals surface area contributed by atoms with Crippen molar-refractivity contribution in [1.29, 1.82) is 0 Å². The number of aliphatic hydroxyl groups is 1. The number of allylic oxidation sites excluding steroid dienone is 1. The minimum atomic E-state index is -1.31. The second kappa shape index (κ2) is 5.22. The summed E-state index contributed by atoms with van der Waals surface area (Å²) >= 11 is 0. The Kier molecular flexibility index (Phi) is 3.45. The van der Waals surface area contributed by atoms with Gasteiger partial charge in [0.1, 0.15) is 11.5 Å². The van der Waals surface area contributed by atoms with E-state index in [0.717, 1.165) is 6.42 Å². The number of ether oxygens (including phenoxy) is 3. The van der Waals surface area contributed by atoms with Gasteiger partial charge in [-0.05, 0) is 42.6 Å². The number of methoxy groups -OCH3 is 1. The van der Waals surface area contributed by atoms with Crippen LogP contribution in [-0.4, -0.2) is 49.1 Å². The summed E-state index contributed by atoms with van der Waals surface area (Å²) in [5.41, 5.74) is -1.57. The molecule has 0 aromatic rings. The molecule has 2 saturated heterocycles. The van der Waals surface area contributed by atoms with Crippen LogP contribution in [0.15, 0.2) is 12.2 Å². The third-order valence-corrected chi connectivity index (χ3v) is 8.47. The average molecular weight is 376 g/mol. The lowest BCUT2D eigenvalue weighted by molar-refractivity contribution is -0.252. The van der Waals surface area contributed by atoms with Crippen LogP contribution in [0.4, 0.5) is 0 Å². The Hall–Kier alpha value is -1.24. The largest absolute Gasteiger partial charge is 0.461 e. The van der Waals surface area contributed by atoms with Crippen LogP contribution in [0.25, 0.3) is 0 Å². The van der Waals surface area contributed by atoms with Crippen molar-refractivity contribution in [2.75, 3.05) is 13.7 Å². The van der Waals surface area contributed by atoms with E-state index in [1.54, 1.807) is 7.11 Å². The fraction of sp³-hybridized carbons (Fsp3) is 0.810. The van der Waals surface area contributed by atoms with Gasteiger partial charge >= 0.3 is 5.97 Å². The molecule has 1 N–H and O–H groups in total. The van der Waals surface area contributed by atoms with E-state index in [2.05, 4.69) is 20.4 Å². The first-order valence-corrected chi connectivity index (χ1v) is 9.97. The van der Waals surface area contributed by atoms with Crippen molar-refractivity contribution in [1.82, 2.24) is 0 Å². The Morgan fingerprint density at radius 3 is 2.70 bits per heavy atom. The lowest BCUT2D eigenvalue weighted by Crippen LogP contribution is -2.70. The number of fused-ring (bicyclic) bond motifs is 1. The van der Waals surface area contributed by atoms with E-state index in [1.807, 2.05) is 0 Å². The molecular formula is C21H28O6. The van der Waals surface area contributed by atoms with Crippen LogP contribution in [0.2, 0.25) is 0 Å². The van der Waals surface area contributed by atoms with Gasteiger partial charge in [-0.25, -0.2) is 0 Å². The van der Waals surface area contributed by atoms with Crippen LogP contribution in [0.3, 0.4) is 0 Å². The van der Waals surface area contributed by atoms with E-state index in [1.165, 1.54) is 0 Å². The van der Waals surface area contributed by atoms with Crippen LogP contribution in [0.5, 0.6) is 0 Å². The van der Waals surface area contributed by atoms with Gasteiger partial charge in [0.05, 0.1) is 12.7 Å². The highest BCUT2D eigenvalue weighted by atomic mass is 16.7. The van der Waals surface area contributed by atoms with Crippen LogP contribution < -0.4 is 0 Å². The molecule has 5 aliphatic rings. The summed E-state index contributed by atoms with van der Waals surface area (Å²) < 4.78 is 17.8. The molecule has 3 aliphatic carbocycles. The molecular weight excluding hydrogens is 348 g/mol. The van der Waals surface area contributed by atoms with Crippen LogP contribution in [0, 0.1) is 34.0 Å². The third kappa shape index (κ3) is 1.83. The number of Topliss-reactive ketones (excluding diaryl/α,β-unsaturated/α-hetero) is 1. The second-order valence-electron chi connectivity index (χ2n) is 9.93. The molecule has 2 bridgehead atoms. The summed E-state index contributed by atoms with van der Waals surface area (Å²) in [6.45, 7) is 8.67. The van der Waals surface area contributed by atoms with Crippen molar-refractivity contribution in [3.05, 3.63) is 12.2 Å². The molecule has 27 heavy (non-hydrogen) atoms. The van der Waals surface area contributed by atoms with Gasteiger partial charge in [-0.2, -0.15) is 0 Å². The van der Waals surface area contributed by atoms with Gasteiger partial charge in [0.15, 0.2) is 12.1 Å². The number of hydrogen-bond donors (Lipinski definition) is 1. The minimum absolute atomic E-state index is 0.0587. The highest BCUT2D eigenvalue weighted by Gasteiger charge is 2.79. The number of aliphatic hydroxyl groups excluding tert-OH is 1. The van der Waals surface area contributed by atoms with Crippen molar-refractivity contribution in [3.63, 3.8) is 0 Å². The van der Waals surface area contributed by atoms with E-state index >= 15 is 0 Å². The highest BCUT2D eigenvalue weighted by Crippen LogP contribution is 2.71. The van der Waals surface area contributed by atoms with E-state index in [4.69, 9.17) is 14.2 Å². The van der Waals surface area contributed by atoms with E-state index in [0.29, 0.717) is 31.4 Å². The molecule has 6 nitrogen and oxygen atoms in total. The summed E-state index contributed by atoms with van der Waals surface area (Å²) in [6, 6.07) is 0. The monoisotopic (exact) mass is 376 g/mol. The van der Waals surface area contributed by atoms with E-state index < -0.39 is 35.1 Å². The summed E-state index contributed by atoms with van der Waals surface area (Å²) in [5, 5.41) is 11.2. The second-order valence-corrected chi connectivity index (χ2v) is 9.93. The number of esters is 1. The zero-order valence-corrected chi connectivity index (χ0v) is 16.2. The number of carbonyl (C=O) groups is 2. The summed E-state index contributed by atoms with van der Waals surface area (Å²) in [6.07, 6.45) is 0.937. The Labute approximate surface area is 159 Å². The van der Waals surface area contributed by atoms with Crippen LogP contribution >= 0.6 is 0 Å². The lowest BCUT2D eigenvalue weighted by Gasteiger charge is -2.62. The molecule has 0 radical (unpaired) electrons. The first kappa shape index (κ1) is 17.8.